The van der Waals surface area contributed by atoms with Crippen LogP contribution in [0.2, 0.25) is 0 Å². The number of benzene rings is 6. The molecule has 6 aromatic carbocycles. The summed E-state index contributed by atoms with van der Waals surface area (Å²) < 4.78 is 0. The van der Waals surface area contributed by atoms with Gasteiger partial charge in [0, 0.05) is 21.9 Å². The number of fused-ring (bicyclic) bond motifs is 3. The standard InChI is InChI=1S/C42H44O3/c1-40(2,3)31-21-29-19-26(15-17-34(29)38(44)23-31)24-42(6,7)36-22-28-11-8-9-13-32(28)35(39(36)45)25-41(4,5)30-16-18-33-27(20-30)12-10-14-37(33)43/h8-23,43-45H,24-25H2,1-7H3. The van der Waals surface area contributed by atoms with E-state index in [4.69, 9.17) is 0 Å². The lowest BCUT2D eigenvalue weighted by atomic mass is 9.73. The molecule has 0 atom stereocenters. The summed E-state index contributed by atoms with van der Waals surface area (Å²) in [5.41, 5.74) is 4.58. The van der Waals surface area contributed by atoms with Crippen molar-refractivity contribution in [2.45, 2.75) is 77.6 Å². The summed E-state index contributed by atoms with van der Waals surface area (Å²) in [5.74, 6) is 0.956. The van der Waals surface area contributed by atoms with E-state index in [0.29, 0.717) is 17.9 Å². The van der Waals surface area contributed by atoms with Crippen LogP contribution in [-0.2, 0) is 29.1 Å². The average Bonchev–Trinajstić information content (AvgIpc) is 2.97. The van der Waals surface area contributed by atoms with Crippen molar-refractivity contribution >= 4 is 32.3 Å². The van der Waals surface area contributed by atoms with Gasteiger partial charge in [0.05, 0.1) is 0 Å². The van der Waals surface area contributed by atoms with Crippen LogP contribution in [0.4, 0.5) is 0 Å². The third-order valence-electron chi connectivity index (χ3n) is 9.62. The van der Waals surface area contributed by atoms with Crippen molar-refractivity contribution in [3.8, 4) is 17.2 Å². The smallest absolute Gasteiger partial charge is 0.123 e. The Kier molecular flexibility index (Phi) is 7.35. The van der Waals surface area contributed by atoms with Gasteiger partial charge in [-0.15, -0.1) is 0 Å². The number of aromatic hydroxyl groups is 3. The number of phenolic OH excluding ortho intramolecular Hbond substituents is 3. The minimum absolute atomic E-state index is 0.0728. The maximum absolute atomic E-state index is 12.1. The lowest BCUT2D eigenvalue weighted by Crippen LogP contribution is -2.24. The van der Waals surface area contributed by atoms with Crippen molar-refractivity contribution in [1.29, 1.82) is 0 Å². The fourth-order valence-corrected chi connectivity index (χ4v) is 6.89. The highest BCUT2D eigenvalue weighted by Crippen LogP contribution is 2.44. The van der Waals surface area contributed by atoms with Gasteiger partial charge in [-0.25, -0.2) is 0 Å². The second-order valence-electron chi connectivity index (χ2n) is 15.1. The highest BCUT2D eigenvalue weighted by atomic mass is 16.3. The molecule has 0 spiro atoms. The van der Waals surface area contributed by atoms with Crippen molar-refractivity contribution in [3.05, 3.63) is 125 Å². The third-order valence-corrected chi connectivity index (χ3v) is 9.62. The van der Waals surface area contributed by atoms with Gasteiger partial charge in [0.15, 0.2) is 0 Å². The van der Waals surface area contributed by atoms with Gasteiger partial charge < -0.3 is 15.3 Å². The Labute approximate surface area is 266 Å². The van der Waals surface area contributed by atoms with E-state index in [-0.39, 0.29) is 22.0 Å². The number of rotatable bonds is 6. The molecule has 0 aromatic heterocycles. The summed E-state index contributed by atoms with van der Waals surface area (Å²) in [6.07, 6.45) is 1.38. The summed E-state index contributed by atoms with van der Waals surface area (Å²) >= 11 is 0. The van der Waals surface area contributed by atoms with Gasteiger partial charge in [0.25, 0.3) is 0 Å². The Balaban J connectivity index is 1.41. The maximum Gasteiger partial charge on any atom is 0.123 e. The second kappa shape index (κ2) is 10.8. The molecule has 0 radical (unpaired) electrons. The third kappa shape index (κ3) is 5.73. The predicted molar refractivity (Wildman–Crippen MR) is 189 cm³/mol. The van der Waals surface area contributed by atoms with Gasteiger partial charge in [-0.3, -0.25) is 0 Å². The molecule has 6 aromatic rings. The molecule has 45 heavy (non-hydrogen) atoms. The van der Waals surface area contributed by atoms with Gasteiger partial charge in [-0.2, -0.15) is 0 Å². The number of hydrogen-bond donors (Lipinski definition) is 3. The van der Waals surface area contributed by atoms with E-state index in [9.17, 15) is 15.3 Å². The zero-order valence-corrected chi connectivity index (χ0v) is 27.5. The molecule has 3 N–H and O–H groups in total. The summed E-state index contributed by atoms with van der Waals surface area (Å²) in [5, 5.41) is 39.1. The average molecular weight is 597 g/mol. The van der Waals surface area contributed by atoms with Crippen molar-refractivity contribution < 1.29 is 15.3 Å². The van der Waals surface area contributed by atoms with Gasteiger partial charge in [0.2, 0.25) is 0 Å². The molecular weight excluding hydrogens is 552 g/mol. The fourth-order valence-electron chi connectivity index (χ4n) is 6.89. The normalized spacial score (nSPS) is 12.8. The molecular formula is C42H44O3. The minimum Gasteiger partial charge on any atom is -0.507 e. The quantitative estimate of drug-likeness (QED) is 0.179. The minimum atomic E-state index is -0.370. The summed E-state index contributed by atoms with van der Waals surface area (Å²) in [6.45, 7) is 15.3. The molecule has 0 saturated carbocycles. The van der Waals surface area contributed by atoms with Crippen LogP contribution in [0.3, 0.4) is 0 Å². The first-order valence-corrected chi connectivity index (χ1v) is 15.9. The van der Waals surface area contributed by atoms with Crippen molar-refractivity contribution in [1.82, 2.24) is 0 Å². The highest BCUT2D eigenvalue weighted by molar-refractivity contribution is 5.91. The largest absolute Gasteiger partial charge is 0.507 e. The van der Waals surface area contributed by atoms with E-state index < -0.39 is 0 Å². The van der Waals surface area contributed by atoms with E-state index in [1.54, 1.807) is 6.07 Å². The van der Waals surface area contributed by atoms with Crippen LogP contribution in [0.1, 0.15) is 76.3 Å². The predicted octanol–water partition coefficient (Wildman–Crippen LogP) is 10.6. The molecule has 0 bridgehead atoms. The molecule has 3 nitrogen and oxygen atoms in total. The zero-order valence-electron chi connectivity index (χ0n) is 27.5. The lowest BCUT2D eigenvalue weighted by Gasteiger charge is -2.31. The monoisotopic (exact) mass is 596 g/mol. The topological polar surface area (TPSA) is 60.7 Å². The molecule has 0 saturated heterocycles. The fraction of sp³-hybridized carbons (Fsp3) is 0.286. The molecule has 0 fully saturated rings. The molecule has 3 heteroatoms. The zero-order chi connectivity index (χ0) is 32.3. The molecule has 0 amide bonds. The van der Waals surface area contributed by atoms with Gasteiger partial charge in [-0.1, -0.05) is 127 Å². The molecule has 0 heterocycles. The molecule has 0 aliphatic heterocycles. The maximum atomic E-state index is 12.1. The van der Waals surface area contributed by atoms with Crippen LogP contribution < -0.4 is 0 Å². The van der Waals surface area contributed by atoms with Crippen molar-refractivity contribution in [2.24, 2.45) is 0 Å². The second-order valence-corrected chi connectivity index (χ2v) is 15.1. The Bertz CT molecular complexity index is 2080. The lowest BCUT2D eigenvalue weighted by molar-refractivity contribution is 0.420. The van der Waals surface area contributed by atoms with Crippen molar-refractivity contribution in [3.63, 3.8) is 0 Å². The molecule has 0 aliphatic carbocycles. The summed E-state index contributed by atoms with van der Waals surface area (Å²) in [4.78, 5) is 0. The molecule has 0 aliphatic rings. The Morgan fingerprint density at radius 2 is 1.13 bits per heavy atom. The van der Waals surface area contributed by atoms with E-state index in [0.717, 1.165) is 66.6 Å². The van der Waals surface area contributed by atoms with E-state index in [1.807, 2.05) is 36.4 Å². The molecule has 230 valence electrons. The van der Waals surface area contributed by atoms with Crippen LogP contribution in [0.15, 0.2) is 97.1 Å². The Morgan fingerprint density at radius 3 is 1.89 bits per heavy atom. The van der Waals surface area contributed by atoms with Crippen LogP contribution in [0.25, 0.3) is 32.3 Å². The molecule has 6 rings (SSSR count). The summed E-state index contributed by atoms with van der Waals surface area (Å²) in [6, 6.07) is 32.7. The van der Waals surface area contributed by atoms with E-state index in [1.165, 1.54) is 0 Å². The van der Waals surface area contributed by atoms with Gasteiger partial charge in [-0.05, 0) is 85.5 Å². The van der Waals surface area contributed by atoms with E-state index in [2.05, 4.69) is 103 Å². The summed E-state index contributed by atoms with van der Waals surface area (Å²) in [7, 11) is 0. The first kappa shape index (κ1) is 30.5. The molecule has 0 unspecified atom stereocenters. The van der Waals surface area contributed by atoms with Crippen molar-refractivity contribution in [2.75, 3.05) is 0 Å². The van der Waals surface area contributed by atoms with E-state index >= 15 is 0 Å². The SMILES string of the molecule is CC(C)(C)c1cc(O)c2ccc(CC(C)(C)c3cc4ccccc4c(CC(C)(C)c4ccc5c(O)cccc5c4)c3O)cc2c1. The van der Waals surface area contributed by atoms with Crippen LogP contribution in [0.5, 0.6) is 17.2 Å². The van der Waals surface area contributed by atoms with Crippen LogP contribution in [0, 0.1) is 0 Å². The van der Waals surface area contributed by atoms with Gasteiger partial charge >= 0.3 is 0 Å². The highest BCUT2D eigenvalue weighted by Gasteiger charge is 2.31. The first-order valence-electron chi connectivity index (χ1n) is 15.9. The van der Waals surface area contributed by atoms with Gasteiger partial charge in [0.1, 0.15) is 17.2 Å². The number of phenols is 3. The number of hydrogen-bond acceptors (Lipinski definition) is 3. The first-order chi connectivity index (χ1) is 21.1. The Hall–Kier alpha value is -4.50. The van der Waals surface area contributed by atoms with Crippen LogP contribution >= 0.6 is 0 Å². The Morgan fingerprint density at radius 1 is 0.489 bits per heavy atom. The van der Waals surface area contributed by atoms with Crippen LogP contribution in [-0.4, -0.2) is 15.3 Å².